The van der Waals surface area contributed by atoms with Gasteiger partial charge < -0.3 is 4.74 Å². The van der Waals surface area contributed by atoms with Crippen molar-refractivity contribution in [2.45, 2.75) is 21.7 Å². The molecule has 28 heavy (non-hydrogen) atoms. The zero-order chi connectivity index (χ0) is 20.4. The third-order valence-electron chi connectivity index (χ3n) is 4.16. The molecule has 0 saturated carbocycles. The van der Waals surface area contributed by atoms with Crippen molar-refractivity contribution in [3.63, 3.8) is 0 Å². The zero-order valence-electron chi connectivity index (χ0n) is 14.6. The Morgan fingerprint density at radius 3 is 2.50 bits per heavy atom. The number of sulfonamides is 1. The highest BCUT2D eigenvalue weighted by Crippen LogP contribution is 2.37. The van der Waals surface area contributed by atoms with Crippen LogP contribution >= 0.6 is 23.4 Å². The Morgan fingerprint density at radius 2 is 1.82 bits per heavy atom. The van der Waals surface area contributed by atoms with Gasteiger partial charge in [0.1, 0.15) is 0 Å². The monoisotopic (exact) mass is 451 g/mol. The Balaban J connectivity index is 1.75. The van der Waals surface area contributed by atoms with Gasteiger partial charge in [-0.2, -0.15) is 17.5 Å². The third-order valence-corrected chi connectivity index (χ3v) is 7.44. The summed E-state index contributed by atoms with van der Waals surface area (Å²) in [7, 11) is -3.62. The van der Waals surface area contributed by atoms with E-state index in [-0.39, 0.29) is 9.92 Å². The predicted octanol–water partition coefficient (Wildman–Crippen LogP) is 4.67. The lowest BCUT2D eigenvalue weighted by molar-refractivity contribution is -0.137. The number of benzene rings is 2. The molecule has 0 radical (unpaired) electrons. The molecule has 1 heterocycles. The normalized spacial score (nSPS) is 16.3. The van der Waals surface area contributed by atoms with Crippen LogP contribution in [0, 0.1) is 0 Å². The molecule has 3 rings (SSSR count). The molecule has 0 amide bonds. The molecule has 2 aromatic carbocycles. The Bertz CT molecular complexity index is 945. The number of alkyl halides is 3. The van der Waals surface area contributed by atoms with Gasteiger partial charge in [-0.05, 0) is 35.9 Å². The van der Waals surface area contributed by atoms with E-state index in [1.165, 1.54) is 34.3 Å². The molecular formula is C18H17ClF3NO3S2. The van der Waals surface area contributed by atoms with Crippen LogP contribution in [0.2, 0.25) is 5.02 Å². The van der Waals surface area contributed by atoms with Crippen molar-refractivity contribution in [3.8, 4) is 0 Å². The fraction of sp³-hybridized carbons (Fsp3) is 0.333. The second-order valence-corrected chi connectivity index (χ2v) is 9.49. The van der Waals surface area contributed by atoms with Crippen molar-refractivity contribution in [3.05, 3.63) is 58.6 Å². The summed E-state index contributed by atoms with van der Waals surface area (Å²) in [6.07, 6.45) is -4.53. The van der Waals surface area contributed by atoms with Crippen LogP contribution in [0.15, 0.2) is 52.3 Å². The van der Waals surface area contributed by atoms with Gasteiger partial charge in [0.25, 0.3) is 0 Å². The van der Waals surface area contributed by atoms with Gasteiger partial charge in [0.2, 0.25) is 10.0 Å². The minimum Gasteiger partial charge on any atom is -0.379 e. The molecule has 0 aromatic heterocycles. The van der Waals surface area contributed by atoms with Crippen molar-refractivity contribution >= 4 is 33.4 Å². The largest absolute Gasteiger partial charge is 0.417 e. The maximum absolute atomic E-state index is 13.0. The highest BCUT2D eigenvalue weighted by molar-refractivity contribution is 7.98. The SMILES string of the molecule is O=S(=O)(c1cccc(CSc2ccc(Cl)c(C(F)(F)F)c2)c1)N1CCOCC1. The van der Waals surface area contributed by atoms with E-state index < -0.39 is 21.8 Å². The van der Waals surface area contributed by atoms with Gasteiger partial charge in [-0.3, -0.25) is 0 Å². The summed E-state index contributed by atoms with van der Waals surface area (Å²) in [5.41, 5.74) is -0.189. The number of hydrogen-bond donors (Lipinski definition) is 0. The molecule has 152 valence electrons. The van der Waals surface area contributed by atoms with Gasteiger partial charge in [-0.1, -0.05) is 23.7 Å². The van der Waals surface area contributed by atoms with Crippen molar-refractivity contribution in [2.24, 2.45) is 0 Å². The summed E-state index contributed by atoms with van der Waals surface area (Å²) in [5.74, 6) is 0.325. The third kappa shape index (κ3) is 5.01. The van der Waals surface area contributed by atoms with Crippen LogP contribution in [-0.2, 0) is 26.7 Å². The van der Waals surface area contributed by atoms with Gasteiger partial charge in [0, 0.05) is 23.7 Å². The number of halogens is 4. The number of hydrogen-bond acceptors (Lipinski definition) is 4. The molecule has 0 atom stereocenters. The first-order valence-corrected chi connectivity index (χ1v) is 11.1. The number of morpholine rings is 1. The molecule has 0 unspecified atom stereocenters. The molecule has 2 aromatic rings. The summed E-state index contributed by atoms with van der Waals surface area (Å²) >= 11 is 6.81. The number of ether oxygens (including phenoxy) is 1. The molecule has 0 bridgehead atoms. The van der Waals surface area contributed by atoms with Gasteiger partial charge in [-0.25, -0.2) is 8.42 Å². The Morgan fingerprint density at radius 1 is 1.11 bits per heavy atom. The maximum atomic E-state index is 13.0. The number of nitrogens with zero attached hydrogens (tertiary/aromatic N) is 1. The second-order valence-electron chi connectivity index (χ2n) is 6.09. The first-order valence-electron chi connectivity index (χ1n) is 8.34. The van der Waals surface area contributed by atoms with Gasteiger partial charge in [-0.15, -0.1) is 11.8 Å². The molecular weight excluding hydrogens is 435 g/mol. The Labute approximate surface area is 170 Å². The molecule has 1 saturated heterocycles. The molecule has 1 fully saturated rings. The summed E-state index contributed by atoms with van der Waals surface area (Å²) in [6.45, 7) is 1.30. The lowest BCUT2D eigenvalue weighted by atomic mass is 10.2. The molecule has 1 aliphatic rings. The van der Waals surface area contributed by atoms with Crippen molar-refractivity contribution in [2.75, 3.05) is 26.3 Å². The smallest absolute Gasteiger partial charge is 0.379 e. The average Bonchev–Trinajstić information content (AvgIpc) is 2.67. The van der Waals surface area contributed by atoms with Crippen LogP contribution in [0.1, 0.15) is 11.1 Å². The Kier molecular flexibility index (Phi) is 6.61. The number of thioether (sulfide) groups is 1. The number of rotatable bonds is 5. The fourth-order valence-electron chi connectivity index (χ4n) is 2.71. The van der Waals surface area contributed by atoms with Gasteiger partial charge in [0.15, 0.2) is 0 Å². The van der Waals surface area contributed by atoms with Crippen LogP contribution in [0.4, 0.5) is 13.2 Å². The predicted molar refractivity (Wildman–Crippen MR) is 102 cm³/mol. The lowest BCUT2D eigenvalue weighted by Gasteiger charge is -2.26. The summed E-state index contributed by atoms with van der Waals surface area (Å²) in [5, 5.41) is -0.351. The molecule has 4 nitrogen and oxygen atoms in total. The van der Waals surface area contributed by atoms with Crippen LogP contribution in [0.25, 0.3) is 0 Å². The minimum absolute atomic E-state index is 0.166. The van der Waals surface area contributed by atoms with Crippen LogP contribution < -0.4 is 0 Å². The van der Waals surface area contributed by atoms with Gasteiger partial charge in [0.05, 0.1) is 28.7 Å². The maximum Gasteiger partial charge on any atom is 0.417 e. The van der Waals surface area contributed by atoms with Crippen molar-refractivity contribution in [1.82, 2.24) is 4.31 Å². The van der Waals surface area contributed by atoms with E-state index in [1.54, 1.807) is 18.2 Å². The van der Waals surface area contributed by atoms with E-state index in [9.17, 15) is 21.6 Å². The molecule has 1 aliphatic heterocycles. The van der Waals surface area contributed by atoms with Crippen LogP contribution in [0.3, 0.4) is 0 Å². The second kappa shape index (κ2) is 8.62. The first-order chi connectivity index (χ1) is 13.2. The van der Waals surface area contributed by atoms with E-state index in [1.807, 2.05) is 0 Å². The molecule has 0 N–H and O–H groups in total. The topological polar surface area (TPSA) is 46.6 Å². The standard InChI is InChI=1S/C18H17ClF3NO3S2/c19-17-5-4-14(11-16(17)18(20,21)22)27-12-13-2-1-3-15(10-13)28(24,25)23-6-8-26-9-7-23/h1-5,10-11H,6-9,12H2. The highest BCUT2D eigenvalue weighted by atomic mass is 35.5. The first kappa shape index (κ1) is 21.4. The lowest BCUT2D eigenvalue weighted by Crippen LogP contribution is -2.40. The zero-order valence-corrected chi connectivity index (χ0v) is 17.0. The summed E-state index contributed by atoms with van der Waals surface area (Å²) < 4.78 is 71.0. The average molecular weight is 452 g/mol. The Hall–Kier alpha value is -1.26. The van der Waals surface area contributed by atoms with Crippen molar-refractivity contribution in [1.29, 1.82) is 0 Å². The van der Waals surface area contributed by atoms with Crippen LogP contribution in [-0.4, -0.2) is 39.0 Å². The quantitative estimate of drug-likeness (QED) is 0.620. The molecule has 0 aliphatic carbocycles. The highest BCUT2D eigenvalue weighted by Gasteiger charge is 2.33. The van der Waals surface area contributed by atoms with Gasteiger partial charge >= 0.3 is 6.18 Å². The fourth-order valence-corrected chi connectivity index (χ4v) is 5.29. The summed E-state index contributed by atoms with van der Waals surface area (Å²) in [4.78, 5) is 0.567. The van der Waals surface area contributed by atoms with Crippen molar-refractivity contribution < 1.29 is 26.3 Å². The van der Waals surface area contributed by atoms with E-state index in [0.29, 0.717) is 42.5 Å². The van der Waals surface area contributed by atoms with E-state index >= 15 is 0 Å². The summed E-state index contributed by atoms with van der Waals surface area (Å²) in [6, 6.07) is 10.2. The van der Waals surface area contributed by atoms with E-state index in [4.69, 9.17) is 16.3 Å². The van der Waals surface area contributed by atoms with E-state index in [2.05, 4.69) is 0 Å². The van der Waals surface area contributed by atoms with E-state index in [0.717, 1.165) is 6.07 Å². The molecule has 10 heteroatoms. The van der Waals surface area contributed by atoms with Crippen LogP contribution in [0.5, 0.6) is 0 Å². The molecule has 0 spiro atoms. The minimum atomic E-state index is -4.53.